The molecule has 2 aromatic heterocycles. The zero-order chi connectivity index (χ0) is 24.5. The highest BCUT2D eigenvalue weighted by Gasteiger charge is 2.25. The fraction of sp³-hybridized carbons (Fsp3) is 0.346. The lowest BCUT2D eigenvalue weighted by Gasteiger charge is -2.20. The van der Waals surface area contributed by atoms with Crippen molar-refractivity contribution in [3.63, 3.8) is 0 Å². The normalized spacial score (nSPS) is 16.1. The Labute approximate surface area is 203 Å². The van der Waals surface area contributed by atoms with E-state index in [-0.39, 0.29) is 5.75 Å². The average molecular weight is 479 g/mol. The van der Waals surface area contributed by atoms with Gasteiger partial charge in [-0.05, 0) is 51.2 Å². The summed E-state index contributed by atoms with van der Waals surface area (Å²) in [4.78, 5) is 18.4. The Morgan fingerprint density at radius 2 is 1.86 bits per heavy atom. The van der Waals surface area contributed by atoms with Gasteiger partial charge in [0.05, 0.1) is 17.6 Å². The maximum absolute atomic E-state index is 12.9. The van der Waals surface area contributed by atoms with E-state index in [2.05, 4.69) is 38.8 Å². The number of halogens is 2. The lowest BCUT2D eigenvalue weighted by atomic mass is 10.1. The first kappa shape index (κ1) is 23.2. The zero-order valence-electron chi connectivity index (χ0n) is 20.0. The van der Waals surface area contributed by atoms with Crippen LogP contribution in [0.2, 0.25) is 0 Å². The molecule has 0 spiro atoms. The van der Waals surface area contributed by atoms with Crippen LogP contribution in [0, 0.1) is 6.92 Å². The van der Waals surface area contributed by atoms with E-state index in [1.54, 1.807) is 18.2 Å². The minimum absolute atomic E-state index is 0.169. The fourth-order valence-corrected chi connectivity index (χ4v) is 4.62. The Bertz CT molecular complexity index is 1320. The summed E-state index contributed by atoms with van der Waals surface area (Å²) in [6, 6.07) is 13.4. The second-order valence-corrected chi connectivity index (χ2v) is 9.06. The summed E-state index contributed by atoms with van der Waals surface area (Å²) in [5.41, 5.74) is 4.28. The molecule has 5 rings (SSSR count). The molecule has 0 unspecified atom stereocenters. The number of aromatic nitrogens is 4. The van der Waals surface area contributed by atoms with Crippen LogP contribution < -0.4 is 9.64 Å². The minimum Gasteiger partial charge on any atom is -0.434 e. The van der Waals surface area contributed by atoms with E-state index >= 15 is 0 Å². The second-order valence-electron chi connectivity index (χ2n) is 9.06. The number of hydrogen-bond donors (Lipinski definition) is 0. The molecule has 0 radical (unpaired) electrons. The Morgan fingerprint density at radius 1 is 1.09 bits per heavy atom. The van der Waals surface area contributed by atoms with Gasteiger partial charge in [0.25, 0.3) is 0 Å². The van der Waals surface area contributed by atoms with Gasteiger partial charge < -0.3 is 19.1 Å². The Hall–Kier alpha value is -3.59. The predicted molar refractivity (Wildman–Crippen MR) is 132 cm³/mol. The van der Waals surface area contributed by atoms with E-state index in [1.165, 1.54) is 0 Å². The molecule has 1 aliphatic heterocycles. The molecule has 1 saturated heterocycles. The van der Waals surface area contributed by atoms with Crippen molar-refractivity contribution in [3.05, 3.63) is 66.2 Å². The second kappa shape index (κ2) is 9.58. The first-order valence-electron chi connectivity index (χ1n) is 11.6. The summed E-state index contributed by atoms with van der Waals surface area (Å²) in [7, 11) is 4.20. The lowest BCUT2D eigenvalue weighted by Crippen LogP contribution is -2.32. The summed E-state index contributed by atoms with van der Waals surface area (Å²) >= 11 is 0. The third-order valence-corrected chi connectivity index (χ3v) is 6.60. The van der Waals surface area contributed by atoms with E-state index in [1.807, 2.05) is 48.1 Å². The fourth-order valence-electron chi connectivity index (χ4n) is 4.62. The van der Waals surface area contributed by atoms with Crippen molar-refractivity contribution < 1.29 is 13.5 Å². The Balaban J connectivity index is 1.42. The van der Waals surface area contributed by atoms with Crippen molar-refractivity contribution >= 4 is 17.0 Å². The number of nitrogens with zero attached hydrogens (tertiary/aromatic N) is 6. The molecule has 1 aliphatic rings. The van der Waals surface area contributed by atoms with Gasteiger partial charge in [-0.25, -0.2) is 15.0 Å². The molecule has 1 atom stereocenters. The zero-order valence-corrected chi connectivity index (χ0v) is 20.0. The quantitative estimate of drug-likeness (QED) is 0.387. The highest BCUT2D eigenvalue weighted by atomic mass is 19.3. The number of anilines is 1. The van der Waals surface area contributed by atoms with Crippen LogP contribution in [0.1, 0.15) is 17.8 Å². The Kier molecular flexibility index (Phi) is 6.34. The van der Waals surface area contributed by atoms with Gasteiger partial charge in [0.1, 0.15) is 11.6 Å². The summed E-state index contributed by atoms with van der Waals surface area (Å²) in [5, 5.41) is 0. The van der Waals surface area contributed by atoms with Crippen molar-refractivity contribution in [2.45, 2.75) is 32.5 Å². The molecule has 2 aromatic carbocycles. The molecule has 182 valence electrons. The van der Waals surface area contributed by atoms with E-state index in [9.17, 15) is 8.78 Å². The smallest absolute Gasteiger partial charge is 0.387 e. The number of ether oxygens (including phenoxy) is 1. The van der Waals surface area contributed by atoms with Crippen molar-refractivity contribution in [1.29, 1.82) is 0 Å². The van der Waals surface area contributed by atoms with E-state index in [4.69, 9.17) is 4.74 Å². The number of hydrogen-bond acceptors (Lipinski definition) is 6. The summed E-state index contributed by atoms with van der Waals surface area (Å²) < 4.78 is 32.5. The molecule has 0 bridgehead atoms. The van der Waals surface area contributed by atoms with Gasteiger partial charge in [0, 0.05) is 42.7 Å². The molecular formula is C26H28F2N6O. The van der Waals surface area contributed by atoms with Crippen molar-refractivity contribution in [3.8, 4) is 16.9 Å². The highest BCUT2D eigenvalue weighted by Crippen LogP contribution is 2.28. The van der Waals surface area contributed by atoms with Gasteiger partial charge >= 0.3 is 6.61 Å². The number of para-hydroxylation sites is 1. The van der Waals surface area contributed by atoms with Gasteiger partial charge in [-0.2, -0.15) is 8.78 Å². The van der Waals surface area contributed by atoms with Crippen LogP contribution in [-0.4, -0.2) is 64.3 Å². The summed E-state index contributed by atoms with van der Waals surface area (Å²) in [5.74, 6) is 1.71. The largest absolute Gasteiger partial charge is 0.434 e. The number of fused-ring (bicyclic) bond motifs is 1. The molecule has 7 nitrogen and oxygen atoms in total. The van der Waals surface area contributed by atoms with Gasteiger partial charge in [0.15, 0.2) is 0 Å². The minimum atomic E-state index is -2.87. The molecule has 35 heavy (non-hydrogen) atoms. The standard InChI is InChI=1S/C26H28F2N6O/c1-17-31-22-9-8-18(20-13-29-26(30-14-20)33-11-10-21(16-33)32(2)3)12-23(22)34(17)15-19-6-4-5-7-24(19)35-25(27)28/h4-9,12-14,21,25H,10-11,15-16H2,1-3H3/t21-/m1/s1. The van der Waals surface area contributed by atoms with Gasteiger partial charge in [0.2, 0.25) is 5.95 Å². The molecule has 0 N–H and O–H groups in total. The SMILES string of the molecule is Cc1nc2ccc(-c3cnc(N4CC[C@@H](N(C)C)C4)nc3)cc2n1Cc1ccccc1OC(F)F. The van der Waals surface area contributed by atoms with Gasteiger partial charge in [-0.1, -0.05) is 24.3 Å². The number of aryl methyl sites for hydroxylation is 1. The number of alkyl halides is 2. The van der Waals surface area contributed by atoms with Crippen LogP contribution in [-0.2, 0) is 6.54 Å². The van der Waals surface area contributed by atoms with Crippen LogP contribution in [0.25, 0.3) is 22.2 Å². The molecule has 9 heteroatoms. The number of benzene rings is 2. The average Bonchev–Trinajstić information content (AvgIpc) is 3.45. The van der Waals surface area contributed by atoms with Crippen LogP contribution in [0.3, 0.4) is 0 Å². The van der Waals surface area contributed by atoms with Crippen LogP contribution >= 0.6 is 0 Å². The monoisotopic (exact) mass is 478 g/mol. The molecule has 1 fully saturated rings. The number of likely N-dealkylation sites (N-methyl/N-ethyl adjacent to an activating group) is 1. The van der Waals surface area contributed by atoms with Gasteiger partial charge in [-0.15, -0.1) is 0 Å². The predicted octanol–water partition coefficient (Wildman–Crippen LogP) is 4.59. The molecule has 0 saturated carbocycles. The van der Waals surface area contributed by atoms with E-state index in [0.29, 0.717) is 18.2 Å². The number of rotatable bonds is 7. The first-order valence-corrected chi connectivity index (χ1v) is 11.6. The Morgan fingerprint density at radius 3 is 2.57 bits per heavy atom. The highest BCUT2D eigenvalue weighted by molar-refractivity contribution is 5.82. The summed E-state index contributed by atoms with van der Waals surface area (Å²) in [6.07, 6.45) is 4.81. The lowest BCUT2D eigenvalue weighted by molar-refractivity contribution is -0.0504. The molecular weight excluding hydrogens is 450 g/mol. The van der Waals surface area contributed by atoms with E-state index < -0.39 is 6.61 Å². The maximum atomic E-state index is 12.9. The topological polar surface area (TPSA) is 59.3 Å². The third-order valence-electron chi connectivity index (χ3n) is 6.60. The van der Waals surface area contributed by atoms with Crippen molar-refractivity contribution in [1.82, 2.24) is 24.4 Å². The van der Waals surface area contributed by atoms with Gasteiger partial charge in [-0.3, -0.25) is 0 Å². The molecule has 3 heterocycles. The van der Waals surface area contributed by atoms with Crippen LogP contribution in [0.4, 0.5) is 14.7 Å². The molecule has 0 amide bonds. The first-order chi connectivity index (χ1) is 16.9. The maximum Gasteiger partial charge on any atom is 0.387 e. The van der Waals surface area contributed by atoms with Crippen LogP contribution in [0.5, 0.6) is 5.75 Å². The molecule has 0 aliphatic carbocycles. The third kappa shape index (κ3) is 4.81. The number of imidazole rings is 1. The summed E-state index contributed by atoms with van der Waals surface area (Å²) in [6.45, 7) is 1.27. The van der Waals surface area contributed by atoms with Crippen molar-refractivity contribution in [2.75, 3.05) is 32.1 Å². The van der Waals surface area contributed by atoms with Crippen LogP contribution in [0.15, 0.2) is 54.9 Å². The molecule has 4 aromatic rings. The van der Waals surface area contributed by atoms with Crippen molar-refractivity contribution in [2.24, 2.45) is 0 Å². The van der Waals surface area contributed by atoms with E-state index in [0.717, 1.165) is 53.4 Å².